The second-order valence-corrected chi connectivity index (χ2v) is 8.51. The minimum absolute atomic E-state index is 1.79. The number of hydrogen-bond donors (Lipinski definition) is 0. The van der Waals surface area contributed by atoms with E-state index >= 15 is 0 Å². The smallest absolute Gasteiger partial charge is 0.00174 e. The molecule has 0 amide bonds. The van der Waals surface area contributed by atoms with Gasteiger partial charge in [0.05, 0.1) is 0 Å². The molecule has 0 saturated heterocycles. The fraction of sp³-hybridized carbons (Fsp3) is 1.00. The van der Waals surface area contributed by atoms with E-state index in [-0.39, 0.29) is 0 Å². The average molecular weight is 190 g/mol. The van der Waals surface area contributed by atoms with Crippen molar-refractivity contribution >= 4 is 51.1 Å². The van der Waals surface area contributed by atoms with Crippen molar-refractivity contribution in [1.29, 1.82) is 0 Å². The molecule has 0 radical (unpaired) electrons. The monoisotopic (exact) mass is 190 g/mol. The zero-order valence-electron chi connectivity index (χ0n) is 4.04. The maximum absolute atomic E-state index is 2.08. The lowest BCUT2D eigenvalue weighted by Gasteiger charge is -1.88. The minimum atomic E-state index is 1.79. The molecule has 0 bridgehead atoms. The van der Waals surface area contributed by atoms with Crippen LogP contribution in [-0.4, -0.2) is 12.5 Å². The first-order chi connectivity index (χ1) is 3.41. The Morgan fingerprint density at radius 2 is 1.14 bits per heavy atom. The van der Waals surface area contributed by atoms with Gasteiger partial charge in [-0.2, -0.15) is 0 Å². The van der Waals surface area contributed by atoms with E-state index in [1.165, 1.54) is 0 Å². The Morgan fingerprint density at radius 3 is 1.43 bits per heavy atom. The zero-order valence-corrected chi connectivity index (χ0v) is 8.12. The molecule has 0 atom stereocenters. The summed E-state index contributed by atoms with van der Waals surface area (Å²) in [4.78, 5) is 0. The summed E-state index contributed by atoms with van der Waals surface area (Å²) in [7, 11) is 9.00. The Balaban J connectivity index is 2.45. The second-order valence-electron chi connectivity index (χ2n) is 0.537. The van der Waals surface area contributed by atoms with Gasteiger partial charge in [0.2, 0.25) is 0 Å². The van der Waals surface area contributed by atoms with Crippen LogP contribution in [-0.2, 0) is 0 Å². The van der Waals surface area contributed by atoms with Gasteiger partial charge in [-0.1, -0.05) is 21.6 Å². The minimum Gasteiger partial charge on any atom is -0.0851 e. The highest BCUT2D eigenvalue weighted by molar-refractivity contribution is 9.35. The van der Waals surface area contributed by atoms with Gasteiger partial charge in [0.25, 0.3) is 0 Å². The maximum atomic E-state index is 2.08. The topological polar surface area (TPSA) is 0 Å². The first kappa shape index (κ1) is 8.75. The van der Waals surface area contributed by atoms with Crippen LogP contribution in [0.2, 0.25) is 0 Å². The van der Waals surface area contributed by atoms with E-state index in [1.807, 2.05) is 29.5 Å². The number of hydrogen-bond acceptors (Lipinski definition) is 5. The summed E-state index contributed by atoms with van der Waals surface area (Å²) >= 11 is 0. The van der Waals surface area contributed by atoms with E-state index in [1.54, 1.807) is 21.6 Å². The molecule has 0 fully saturated rings. The molecule has 44 valence electrons. The van der Waals surface area contributed by atoms with Crippen molar-refractivity contribution in [2.24, 2.45) is 0 Å². The van der Waals surface area contributed by atoms with Crippen molar-refractivity contribution in [1.82, 2.24) is 0 Å². The van der Waals surface area contributed by atoms with Crippen molar-refractivity contribution in [2.75, 3.05) is 12.5 Å². The molecule has 5 heteroatoms. The van der Waals surface area contributed by atoms with E-state index in [4.69, 9.17) is 0 Å². The summed E-state index contributed by atoms with van der Waals surface area (Å²) in [6, 6.07) is 0. The van der Waals surface area contributed by atoms with Gasteiger partial charge < -0.3 is 0 Å². The van der Waals surface area contributed by atoms with E-state index in [0.717, 1.165) is 0 Å². The standard InChI is InChI=1S/C2H6S5/c1-3-5-7-6-4-2/h1-2H3. The number of rotatable bonds is 4. The summed E-state index contributed by atoms with van der Waals surface area (Å²) < 4.78 is 0. The van der Waals surface area contributed by atoms with Gasteiger partial charge in [0.1, 0.15) is 0 Å². The lowest BCUT2D eigenvalue weighted by Crippen LogP contribution is -1.31. The van der Waals surface area contributed by atoms with Crippen LogP contribution in [0.5, 0.6) is 0 Å². The maximum Gasteiger partial charge on any atom is -0.00174 e. The third-order valence-electron chi connectivity index (χ3n) is 0.192. The van der Waals surface area contributed by atoms with Crippen molar-refractivity contribution in [2.45, 2.75) is 0 Å². The van der Waals surface area contributed by atoms with E-state index in [2.05, 4.69) is 12.5 Å². The summed E-state index contributed by atoms with van der Waals surface area (Å²) in [6.45, 7) is 0. The fourth-order valence-electron chi connectivity index (χ4n) is 0.0669. The van der Waals surface area contributed by atoms with Gasteiger partial charge in [0, 0.05) is 0 Å². The fourth-order valence-corrected chi connectivity index (χ4v) is 7.26. The molecule has 0 aromatic carbocycles. The van der Waals surface area contributed by atoms with Gasteiger partial charge in [0.15, 0.2) is 0 Å². The molecule has 0 aromatic heterocycles. The van der Waals surface area contributed by atoms with Gasteiger partial charge in [-0.25, -0.2) is 0 Å². The predicted molar refractivity (Wildman–Crippen MR) is 49.8 cm³/mol. The molecule has 0 N–H and O–H groups in total. The summed E-state index contributed by atoms with van der Waals surface area (Å²) in [5.41, 5.74) is 0. The first-order valence-corrected chi connectivity index (χ1v) is 8.45. The van der Waals surface area contributed by atoms with Crippen molar-refractivity contribution < 1.29 is 0 Å². The molecule has 0 aliphatic carbocycles. The SMILES string of the molecule is CSSSSSC. The Labute approximate surface area is 63.3 Å². The van der Waals surface area contributed by atoms with Crippen LogP contribution in [0.4, 0.5) is 0 Å². The highest BCUT2D eigenvalue weighted by atomic mass is 33.8. The van der Waals surface area contributed by atoms with Crippen molar-refractivity contribution in [3.63, 3.8) is 0 Å². The molecular weight excluding hydrogens is 184 g/mol. The molecule has 0 aliphatic heterocycles. The van der Waals surface area contributed by atoms with Crippen LogP contribution >= 0.6 is 51.1 Å². The van der Waals surface area contributed by atoms with Gasteiger partial charge in [-0.05, 0) is 42.0 Å². The van der Waals surface area contributed by atoms with E-state index in [9.17, 15) is 0 Å². The van der Waals surface area contributed by atoms with Crippen molar-refractivity contribution in [3.8, 4) is 0 Å². The summed E-state index contributed by atoms with van der Waals surface area (Å²) in [5, 5.41) is 0. The lowest BCUT2D eigenvalue weighted by molar-refractivity contribution is 2.55. The van der Waals surface area contributed by atoms with Gasteiger partial charge in [-0.15, -0.1) is 0 Å². The van der Waals surface area contributed by atoms with Crippen LogP contribution in [0.25, 0.3) is 0 Å². The lowest BCUT2D eigenvalue weighted by atomic mass is 12.0. The molecule has 0 nitrogen and oxygen atoms in total. The highest BCUT2D eigenvalue weighted by Crippen LogP contribution is 2.46. The molecule has 0 spiro atoms. The van der Waals surface area contributed by atoms with Crippen LogP contribution < -0.4 is 0 Å². The molecule has 7 heavy (non-hydrogen) atoms. The Kier molecular flexibility index (Phi) is 9.69. The highest BCUT2D eigenvalue weighted by Gasteiger charge is 1.82. The Morgan fingerprint density at radius 1 is 0.714 bits per heavy atom. The first-order valence-electron chi connectivity index (χ1n) is 1.48. The van der Waals surface area contributed by atoms with Crippen molar-refractivity contribution in [3.05, 3.63) is 0 Å². The molecule has 0 aliphatic rings. The Hall–Kier alpha value is 1.75. The average Bonchev–Trinajstić information content (AvgIpc) is 1.69. The van der Waals surface area contributed by atoms with Gasteiger partial charge >= 0.3 is 0 Å². The molecule has 0 saturated carbocycles. The van der Waals surface area contributed by atoms with Crippen LogP contribution in [0, 0.1) is 0 Å². The molecular formula is C2H6S5. The zero-order chi connectivity index (χ0) is 5.54. The summed E-state index contributed by atoms with van der Waals surface area (Å²) in [5.74, 6) is 0. The van der Waals surface area contributed by atoms with Crippen LogP contribution in [0.1, 0.15) is 0 Å². The molecule has 0 heterocycles. The molecule has 0 rings (SSSR count). The third-order valence-corrected chi connectivity index (χ3v) is 8.17. The predicted octanol–water partition coefficient (Wildman–Crippen LogP) is 3.57. The van der Waals surface area contributed by atoms with E-state index < -0.39 is 0 Å². The third kappa shape index (κ3) is 7.75. The summed E-state index contributed by atoms with van der Waals surface area (Å²) in [6.07, 6.45) is 4.16. The molecule has 0 aromatic rings. The van der Waals surface area contributed by atoms with E-state index in [0.29, 0.717) is 0 Å². The normalized spacial score (nSPS) is 9.43. The van der Waals surface area contributed by atoms with Crippen LogP contribution in [0.3, 0.4) is 0 Å². The van der Waals surface area contributed by atoms with Gasteiger partial charge in [-0.3, -0.25) is 0 Å². The second kappa shape index (κ2) is 7.75. The van der Waals surface area contributed by atoms with Crippen LogP contribution in [0.15, 0.2) is 0 Å². The molecule has 0 unspecified atom stereocenters. The Bertz CT molecular complexity index is 25.3. The largest absolute Gasteiger partial charge is 0.0851 e. The quantitative estimate of drug-likeness (QED) is 0.489.